The van der Waals surface area contributed by atoms with Gasteiger partial charge in [0.1, 0.15) is 6.10 Å². The van der Waals surface area contributed by atoms with Gasteiger partial charge in [-0.1, -0.05) is 22.9 Å². The van der Waals surface area contributed by atoms with E-state index in [9.17, 15) is 0 Å². The maximum atomic E-state index is 6.15. The third kappa shape index (κ3) is 2.20. The molecule has 4 rings (SSSR count). The van der Waals surface area contributed by atoms with Crippen molar-refractivity contribution >= 4 is 33.2 Å². The monoisotopic (exact) mass is 308 g/mol. The summed E-state index contributed by atoms with van der Waals surface area (Å²) in [6, 6.07) is 7.19. The highest BCUT2D eigenvalue weighted by molar-refractivity contribution is 7.20. The lowest BCUT2D eigenvalue weighted by Gasteiger charge is -2.35. The topological polar surface area (TPSA) is 25.4 Å². The van der Waals surface area contributed by atoms with Gasteiger partial charge in [0.2, 0.25) is 0 Å². The number of hydrogen-bond donors (Lipinski definition) is 0. The van der Waals surface area contributed by atoms with Crippen molar-refractivity contribution in [1.82, 2.24) is 9.88 Å². The molecule has 3 heterocycles. The molecule has 3 nitrogen and oxygen atoms in total. The number of benzene rings is 1. The highest BCUT2D eigenvalue weighted by atomic mass is 35.5. The summed E-state index contributed by atoms with van der Waals surface area (Å²) in [6.07, 6.45) is 5.21. The first-order chi connectivity index (χ1) is 9.69. The Morgan fingerprint density at radius 1 is 1.30 bits per heavy atom. The molecule has 2 saturated heterocycles. The van der Waals surface area contributed by atoms with Crippen LogP contribution in [0.25, 0.3) is 10.2 Å². The molecule has 0 N–H and O–H groups in total. The molecule has 2 aliphatic heterocycles. The van der Waals surface area contributed by atoms with Gasteiger partial charge < -0.3 is 9.64 Å². The first-order valence-corrected chi connectivity index (χ1v) is 8.33. The molecule has 0 radical (unpaired) electrons. The maximum absolute atomic E-state index is 6.15. The van der Waals surface area contributed by atoms with Crippen LogP contribution in [0.4, 0.5) is 0 Å². The molecule has 0 aliphatic carbocycles. The lowest BCUT2D eigenvalue weighted by atomic mass is 10.0. The van der Waals surface area contributed by atoms with Crippen molar-refractivity contribution in [3.8, 4) is 5.19 Å². The van der Waals surface area contributed by atoms with Gasteiger partial charge in [-0.25, -0.2) is 4.98 Å². The molecule has 2 aliphatic rings. The SMILES string of the molecule is CN1[C@@H]2CC[C@H]1CC(Oc1nc3ccc(Cl)cc3s1)C2. The Morgan fingerprint density at radius 3 is 2.80 bits per heavy atom. The van der Waals surface area contributed by atoms with Gasteiger partial charge in [0.05, 0.1) is 10.2 Å². The summed E-state index contributed by atoms with van der Waals surface area (Å²) < 4.78 is 7.25. The van der Waals surface area contributed by atoms with Crippen molar-refractivity contribution in [2.45, 2.75) is 43.9 Å². The lowest BCUT2D eigenvalue weighted by molar-refractivity contribution is 0.0661. The molecule has 2 aromatic rings. The number of piperidine rings is 1. The number of thiazole rings is 1. The van der Waals surface area contributed by atoms with E-state index in [1.54, 1.807) is 11.3 Å². The molecule has 1 unspecified atom stereocenters. The van der Waals surface area contributed by atoms with Gasteiger partial charge in [-0.2, -0.15) is 0 Å². The molecule has 0 amide bonds. The maximum Gasteiger partial charge on any atom is 0.274 e. The molecule has 5 heteroatoms. The summed E-state index contributed by atoms with van der Waals surface area (Å²) in [5, 5.41) is 1.54. The zero-order valence-electron chi connectivity index (χ0n) is 11.4. The Morgan fingerprint density at radius 2 is 2.05 bits per heavy atom. The van der Waals surface area contributed by atoms with E-state index < -0.39 is 0 Å². The van der Waals surface area contributed by atoms with Crippen LogP contribution in [-0.4, -0.2) is 35.1 Å². The Balaban J connectivity index is 1.53. The van der Waals surface area contributed by atoms with E-state index in [1.165, 1.54) is 12.8 Å². The van der Waals surface area contributed by atoms with E-state index in [-0.39, 0.29) is 0 Å². The predicted octanol–water partition coefficient (Wildman–Crippen LogP) is 3.95. The Kier molecular flexibility index (Phi) is 3.13. The van der Waals surface area contributed by atoms with E-state index in [0.29, 0.717) is 18.2 Å². The smallest absolute Gasteiger partial charge is 0.274 e. The highest BCUT2D eigenvalue weighted by Gasteiger charge is 2.39. The van der Waals surface area contributed by atoms with Gasteiger partial charge in [-0.3, -0.25) is 0 Å². The highest BCUT2D eigenvalue weighted by Crippen LogP contribution is 2.37. The molecule has 0 spiro atoms. The van der Waals surface area contributed by atoms with Crippen LogP contribution >= 0.6 is 22.9 Å². The van der Waals surface area contributed by atoms with Gasteiger partial charge >= 0.3 is 0 Å². The third-order valence-corrected chi connectivity index (χ3v) is 5.80. The molecular formula is C15H17ClN2OS. The first-order valence-electron chi connectivity index (χ1n) is 7.14. The quantitative estimate of drug-likeness (QED) is 0.840. The largest absolute Gasteiger partial charge is 0.467 e. The molecule has 20 heavy (non-hydrogen) atoms. The van der Waals surface area contributed by atoms with Crippen LogP contribution in [0.1, 0.15) is 25.7 Å². The average molecular weight is 309 g/mol. The zero-order valence-corrected chi connectivity index (χ0v) is 13.0. The zero-order chi connectivity index (χ0) is 13.7. The van der Waals surface area contributed by atoms with E-state index in [1.807, 2.05) is 18.2 Å². The summed E-state index contributed by atoms with van der Waals surface area (Å²) >= 11 is 7.61. The van der Waals surface area contributed by atoms with Gasteiger partial charge in [0, 0.05) is 17.1 Å². The van der Waals surface area contributed by atoms with Crippen LogP contribution in [0.5, 0.6) is 5.19 Å². The van der Waals surface area contributed by atoms with Gasteiger partial charge in [-0.05, 0) is 50.9 Å². The number of ether oxygens (including phenoxy) is 1. The summed E-state index contributed by atoms with van der Waals surface area (Å²) in [4.78, 5) is 7.09. The fourth-order valence-corrected chi connectivity index (χ4v) is 4.69. The number of halogens is 1. The van der Waals surface area contributed by atoms with Crippen LogP contribution in [0, 0.1) is 0 Å². The Bertz CT molecular complexity index is 630. The summed E-state index contributed by atoms with van der Waals surface area (Å²) in [7, 11) is 2.25. The van der Waals surface area contributed by atoms with E-state index >= 15 is 0 Å². The fourth-order valence-electron chi connectivity index (χ4n) is 3.53. The van der Waals surface area contributed by atoms with Crippen molar-refractivity contribution in [2.75, 3.05) is 7.05 Å². The van der Waals surface area contributed by atoms with E-state index in [2.05, 4.69) is 16.9 Å². The summed E-state index contributed by atoms with van der Waals surface area (Å²) in [5.74, 6) is 0. The number of rotatable bonds is 2. The van der Waals surface area contributed by atoms with Gasteiger partial charge in [0.15, 0.2) is 0 Å². The molecule has 2 bridgehead atoms. The molecule has 2 fully saturated rings. The van der Waals surface area contributed by atoms with Crippen molar-refractivity contribution < 1.29 is 4.74 Å². The molecule has 106 valence electrons. The van der Waals surface area contributed by atoms with Gasteiger partial charge in [0.25, 0.3) is 5.19 Å². The number of nitrogens with zero attached hydrogens (tertiary/aromatic N) is 2. The first kappa shape index (κ1) is 12.9. The second-order valence-electron chi connectivity index (χ2n) is 5.85. The van der Waals surface area contributed by atoms with E-state index in [0.717, 1.165) is 33.3 Å². The van der Waals surface area contributed by atoms with Gasteiger partial charge in [-0.15, -0.1) is 0 Å². The molecular weight excluding hydrogens is 292 g/mol. The Hall–Kier alpha value is -0.840. The Labute approximate surface area is 127 Å². The van der Waals surface area contributed by atoms with E-state index in [4.69, 9.17) is 16.3 Å². The number of aromatic nitrogens is 1. The summed E-state index contributed by atoms with van der Waals surface area (Å²) in [6.45, 7) is 0. The van der Waals surface area contributed by atoms with Crippen molar-refractivity contribution in [3.63, 3.8) is 0 Å². The fraction of sp³-hybridized carbons (Fsp3) is 0.533. The summed E-state index contributed by atoms with van der Waals surface area (Å²) in [5.41, 5.74) is 0.977. The normalized spacial score (nSPS) is 30.0. The second kappa shape index (κ2) is 4.86. The molecule has 0 saturated carbocycles. The van der Waals surface area contributed by atoms with Crippen molar-refractivity contribution in [2.24, 2.45) is 0 Å². The molecule has 3 atom stereocenters. The molecule has 1 aromatic heterocycles. The standard InChI is InChI=1S/C15H17ClN2OS/c1-18-10-3-4-11(18)8-12(7-10)19-15-17-13-5-2-9(16)6-14(13)20-15/h2,5-6,10-12H,3-4,7-8H2,1H3/t10-,11+,12?. The minimum atomic E-state index is 0.319. The minimum Gasteiger partial charge on any atom is -0.467 e. The molecule has 1 aromatic carbocycles. The average Bonchev–Trinajstić information content (AvgIpc) is 2.87. The van der Waals surface area contributed by atoms with Crippen LogP contribution < -0.4 is 4.74 Å². The number of hydrogen-bond acceptors (Lipinski definition) is 4. The third-order valence-electron chi connectivity index (χ3n) is 4.65. The van der Waals surface area contributed by atoms with Crippen LogP contribution in [0.2, 0.25) is 5.02 Å². The number of fused-ring (bicyclic) bond motifs is 3. The van der Waals surface area contributed by atoms with Crippen molar-refractivity contribution in [3.05, 3.63) is 23.2 Å². The lowest BCUT2D eigenvalue weighted by Crippen LogP contribution is -2.43. The van der Waals surface area contributed by atoms with Crippen LogP contribution in [-0.2, 0) is 0 Å². The predicted molar refractivity (Wildman–Crippen MR) is 82.9 cm³/mol. The van der Waals surface area contributed by atoms with Crippen LogP contribution in [0.3, 0.4) is 0 Å². The minimum absolute atomic E-state index is 0.319. The second-order valence-corrected chi connectivity index (χ2v) is 7.28. The van der Waals surface area contributed by atoms with Crippen molar-refractivity contribution in [1.29, 1.82) is 0 Å². The van der Waals surface area contributed by atoms with Crippen LogP contribution in [0.15, 0.2) is 18.2 Å².